The van der Waals surface area contributed by atoms with E-state index in [2.05, 4.69) is 38.7 Å². The average Bonchev–Trinajstić information content (AvgIpc) is 3.25. The third-order valence-electron chi connectivity index (χ3n) is 5.44. The lowest BCUT2D eigenvalue weighted by Gasteiger charge is -2.12. The lowest BCUT2D eigenvalue weighted by atomic mass is 10.1. The molecule has 0 spiro atoms. The molecule has 0 aliphatic carbocycles. The van der Waals surface area contributed by atoms with Crippen LogP contribution < -0.4 is 4.90 Å². The van der Waals surface area contributed by atoms with Crippen molar-refractivity contribution in [1.29, 1.82) is 0 Å². The van der Waals surface area contributed by atoms with E-state index in [9.17, 15) is 9.59 Å². The number of hydrogen-bond donors (Lipinski definition) is 0. The Hall–Kier alpha value is -3.09. The normalized spacial score (nSPS) is 15.3. The van der Waals surface area contributed by atoms with Gasteiger partial charge in [0.1, 0.15) is 0 Å². The van der Waals surface area contributed by atoms with Crippen LogP contribution in [0, 0.1) is 6.92 Å². The molecule has 0 atom stereocenters. The van der Waals surface area contributed by atoms with Gasteiger partial charge in [0, 0.05) is 33.7 Å². The maximum atomic E-state index is 13.1. The number of imide groups is 1. The number of carbonyl (C=O) groups is 2. The van der Waals surface area contributed by atoms with Crippen molar-refractivity contribution < 1.29 is 9.59 Å². The summed E-state index contributed by atoms with van der Waals surface area (Å²) < 4.78 is 3.14. The second kappa shape index (κ2) is 8.45. The molecule has 2 heterocycles. The summed E-state index contributed by atoms with van der Waals surface area (Å²) in [7, 11) is 0. The first kappa shape index (κ1) is 20.8. The molecule has 5 rings (SSSR count). The Morgan fingerprint density at radius 3 is 2.47 bits per heavy atom. The van der Waals surface area contributed by atoms with Crippen molar-refractivity contribution in [1.82, 2.24) is 4.57 Å². The van der Waals surface area contributed by atoms with Gasteiger partial charge in [0.05, 0.1) is 10.6 Å². The topological polar surface area (TPSA) is 42.3 Å². The van der Waals surface area contributed by atoms with E-state index in [0.717, 1.165) is 44.8 Å². The van der Waals surface area contributed by atoms with Crippen LogP contribution >= 0.6 is 27.7 Å². The number of aryl methyl sites for hydroxylation is 1. The van der Waals surface area contributed by atoms with Crippen LogP contribution in [0.1, 0.15) is 16.7 Å². The Kier molecular flexibility index (Phi) is 5.49. The fourth-order valence-corrected chi connectivity index (χ4v) is 5.04. The highest BCUT2D eigenvalue weighted by atomic mass is 79.9. The van der Waals surface area contributed by atoms with Gasteiger partial charge in [-0.25, -0.2) is 4.90 Å². The Morgan fingerprint density at radius 2 is 1.72 bits per heavy atom. The van der Waals surface area contributed by atoms with Crippen molar-refractivity contribution in [2.75, 3.05) is 4.90 Å². The fraction of sp³-hybridized carbons (Fsp3) is 0.0769. The highest BCUT2D eigenvalue weighted by molar-refractivity contribution is 9.10. The van der Waals surface area contributed by atoms with Gasteiger partial charge in [0.25, 0.3) is 11.1 Å². The van der Waals surface area contributed by atoms with Crippen LogP contribution in [0.25, 0.3) is 17.0 Å². The second-order valence-electron chi connectivity index (χ2n) is 7.71. The monoisotopic (exact) mass is 502 g/mol. The molecule has 1 saturated heterocycles. The molecule has 0 N–H and O–H groups in total. The molecule has 0 saturated carbocycles. The maximum absolute atomic E-state index is 13.1. The van der Waals surface area contributed by atoms with Crippen LogP contribution in [0.2, 0.25) is 0 Å². The maximum Gasteiger partial charge on any atom is 0.298 e. The van der Waals surface area contributed by atoms with Gasteiger partial charge in [-0.3, -0.25) is 9.59 Å². The van der Waals surface area contributed by atoms with Crippen LogP contribution in [-0.4, -0.2) is 15.7 Å². The standard InChI is InChI=1S/C26H19BrN2O2S/c1-17-7-10-21(11-8-17)29-25(30)24(32-26(29)31)13-19-16-28(15-18-5-3-2-4-6-18)23-12-9-20(27)14-22(19)23/h2-14,16H,15H2,1H3/b24-13-. The summed E-state index contributed by atoms with van der Waals surface area (Å²) in [5, 5.41) is 0.747. The Bertz CT molecular complexity index is 1370. The van der Waals surface area contributed by atoms with Gasteiger partial charge in [0.15, 0.2) is 0 Å². The number of hydrogen-bond acceptors (Lipinski definition) is 3. The predicted octanol–water partition coefficient (Wildman–Crippen LogP) is 7.00. The van der Waals surface area contributed by atoms with Gasteiger partial charge in [0.2, 0.25) is 0 Å². The zero-order valence-electron chi connectivity index (χ0n) is 17.3. The number of anilines is 1. The van der Waals surface area contributed by atoms with Gasteiger partial charge >= 0.3 is 0 Å². The van der Waals surface area contributed by atoms with E-state index >= 15 is 0 Å². The Balaban J connectivity index is 1.54. The molecule has 0 radical (unpaired) electrons. The number of carbonyl (C=O) groups excluding carboxylic acids is 2. The first-order valence-corrected chi connectivity index (χ1v) is 11.8. The molecule has 2 amide bonds. The predicted molar refractivity (Wildman–Crippen MR) is 135 cm³/mol. The molecule has 6 heteroatoms. The minimum Gasteiger partial charge on any atom is -0.342 e. The molecule has 1 aromatic heterocycles. The summed E-state index contributed by atoms with van der Waals surface area (Å²) in [4.78, 5) is 27.4. The molecular weight excluding hydrogens is 484 g/mol. The number of amides is 2. The number of benzene rings is 3. The molecule has 0 unspecified atom stereocenters. The third kappa shape index (κ3) is 3.92. The highest BCUT2D eigenvalue weighted by Crippen LogP contribution is 2.37. The zero-order valence-corrected chi connectivity index (χ0v) is 19.7. The van der Waals surface area contributed by atoms with Crippen molar-refractivity contribution in [2.45, 2.75) is 13.5 Å². The summed E-state index contributed by atoms with van der Waals surface area (Å²) in [6, 6.07) is 23.8. The molecule has 3 aromatic carbocycles. The first-order valence-electron chi connectivity index (χ1n) is 10.2. The fourth-order valence-electron chi connectivity index (χ4n) is 3.85. The van der Waals surface area contributed by atoms with Crippen molar-refractivity contribution in [3.8, 4) is 0 Å². The smallest absolute Gasteiger partial charge is 0.298 e. The van der Waals surface area contributed by atoms with Gasteiger partial charge in [-0.2, -0.15) is 0 Å². The van der Waals surface area contributed by atoms with Crippen LogP contribution in [-0.2, 0) is 11.3 Å². The molecule has 4 nitrogen and oxygen atoms in total. The van der Waals surface area contributed by atoms with Gasteiger partial charge in [-0.1, -0.05) is 64.0 Å². The molecule has 158 valence electrons. The highest BCUT2D eigenvalue weighted by Gasteiger charge is 2.36. The first-order chi connectivity index (χ1) is 15.5. The molecular formula is C26H19BrN2O2S. The number of thioether (sulfide) groups is 1. The third-order valence-corrected chi connectivity index (χ3v) is 6.81. The van der Waals surface area contributed by atoms with E-state index in [4.69, 9.17) is 0 Å². The van der Waals surface area contributed by atoms with Crippen LogP contribution in [0.4, 0.5) is 10.5 Å². The largest absolute Gasteiger partial charge is 0.342 e. The van der Waals surface area contributed by atoms with Crippen molar-refractivity contribution in [2.24, 2.45) is 0 Å². The lowest BCUT2D eigenvalue weighted by molar-refractivity contribution is -0.113. The van der Waals surface area contributed by atoms with E-state index in [0.29, 0.717) is 10.6 Å². The molecule has 4 aromatic rings. The number of halogens is 1. The van der Waals surface area contributed by atoms with Crippen molar-refractivity contribution >= 4 is 61.5 Å². The number of nitrogens with zero attached hydrogens (tertiary/aromatic N) is 2. The summed E-state index contributed by atoms with van der Waals surface area (Å²) >= 11 is 4.54. The van der Waals surface area contributed by atoms with Crippen LogP contribution in [0.5, 0.6) is 0 Å². The van der Waals surface area contributed by atoms with E-state index in [-0.39, 0.29) is 11.1 Å². The lowest BCUT2D eigenvalue weighted by Crippen LogP contribution is -2.27. The van der Waals surface area contributed by atoms with E-state index in [1.54, 1.807) is 12.1 Å². The molecule has 1 fully saturated rings. The summed E-state index contributed by atoms with van der Waals surface area (Å²) in [5.74, 6) is -0.289. The minimum absolute atomic E-state index is 0.278. The summed E-state index contributed by atoms with van der Waals surface area (Å²) in [6.45, 7) is 2.69. The number of fused-ring (bicyclic) bond motifs is 1. The van der Waals surface area contributed by atoms with E-state index < -0.39 is 0 Å². The SMILES string of the molecule is Cc1ccc(N2C(=O)S/C(=C\c3cn(Cc4ccccc4)c4ccc(Br)cc34)C2=O)cc1. The molecule has 32 heavy (non-hydrogen) atoms. The summed E-state index contributed by atoms with van der Waals surface area (Å²) in [5.41, 5.74) is 4.84. The Morgan fingerprint density at radius 1 is 0.969 bits per heavy atom. The molecule has 1 aliphatic rings. The number of aromatic nitrogens is 1. The average molecular weight is 503 g/mol. The van der Waals surface area contributed by atoms with E-state index in [1.165, 1.54) is 10.5 Å². The van der Waals surface area contributed by atoms with Crippen molar-refractivity contribution in [3.05, 3.63) is 105 Å². The quantitative estimate of drug-likeness (QED) is 0.282. The zero-order chi connectivity index (χ0) is 22.2. The molecule has 1 aliphatic heterocycles. The van der Waals surface area contributed by atoms with Crippen LogP contribution in [0.3, 0.4) is 0 Å². The van der Waals surface area contributed by atoms with E-state index in [1.807, 2.05) is 61.7 Å². The van der Waals surface area contributed by atoms with Gasteiger partial charge < -0.3 is 4.57 Å². The van der Waals surface area contributed by atoms with Gasteiger partial charge in [-0.05, 0) is 60.7 Å². The summed E-state index contributed by atoms with van der Waals surface area (Å²) in [6.07, 6.45) is 3.87. The van der Waals surface area contributed by atoms with Crippen LogP contribution in [0.15, 0.2) is 88.4 Å². The molecule has 0 bridgehead atoms. The van der Waals surface area contributed by atoms with Gasteiger partial charge in [-0.15, -0.1) is 0 Å². The van der Waals surface area contributed by atoms with Crippen molar-refractivity contribution in [3.63, 3.8) is 0 Å². The number of rotatable bonds is 4. The minimum atomic E-state index is -0.289. The Labute approximate surface area is 198 Å². The second-order valence-corrected chi connectivity index (χ2v) is 9.62.